The van der Waals surface area contributed by atoms with Crippen LogP contribution in [0.25, 0.3) is 0 Å². The molecule has 1 heterocycles. The summed E-state index contributed by atoms with van der Waals surface area (Å²) >= 11 is 0. The van der Waals surface area contributed by atoms with E-state index in [1.54, 1.807) is 0 Å². The SMILES string of the molecule is CC(F)(F)c1cc([N+](=O)[O-])ccc1OCC1CCNCC1. The molecule has 0 radical (unpaired) electrons. The number of hydrogen-bond donors (Lipinski definition) is 1. The van der Waals surface area contributed by atoms with Crippen LogP contribution in [-0.4, -0.2) is 24.6 Å². The normalized spacial score (nSPS) is 16.7. The van der Waals surface area contributed by atoms with Gasteiger partial charge in [0.1, 0.15) is 5.75 Å². The van der Waals surface area contributed by atoms with Gasteiger partial charge in [0, 0.05) is 19.1 Å². The predicted octanol–water partition coefficient (Wildman–Crippen LogP) is 3.08. The molecule has 0 unspecified atom stereocenters. The molecule has 0 saturated carbocycles. The first kappa shape index (κ1) is 15.6. The maximum Gasteiger partial charge on any atom is 0.274 e. The van der Waals surface area contributed by atoms with Crippen molar-refractivity contribution in [2.45, 2.75) is 25.7 Å². The second kappa shape index (κ2) is 6.34. The van der Waals surface area contributed by atoms with Gasteiger partial charge in [0.05, 0.1) is 17.1 Å². The van der Waals surface area contributed by atoms with Crippen molar-refractivity contribution >= 4 is 5.69 Å². The van der Waals surface area contributed by atoms with Gasteiger partial charge in [0.2, 0.25) is 0 Å². The van der Waals surface area contributed by atoms with E-state index in [1.165, 1.54) is 12.1 Å². The highest BCUT2D eigenvalue weighted by Gasteiger charge is 2.31. The third-order valence-electron chi connectivity index (χ3n) is 3.58. The van der Waals surface area contributed by atoms with Gasteiger partial charge in [-0.1, -0.05) is 0 Å². The molecule has 0 aliphatic carbocycles. The summed E-state index contributed by atoms with van der Waals surface area (Å²) in [5.74, 6) is -2.85. The Hall–Kier alpha value is -1.76. The summed E-state index contributed by atoms with van der Waals surface area (Å²) in [6.45, 7) is 2.85. The predicted molar refractivity (Wildman–Crippen MR) is 73.8 cm³/mol. The van der Waals surface area contributed by atoms with E-state index in [2.05, 4.69) is 5.32 Å². The number of ether oxygens (including phenoxy) is 1. The number of alkyl halides is 2. The van der Waals surface area contributed by atoms with Gasteiger partial charge in [-0.05, 0) is 37.9 Å². The van der Waals surface area contributed by atoms with Gasteiger partial charge in [-0.2, -0.15) is 0 Å². The molecule has 1 aliphatic heterocycles. The van der Waals surface area contributed by atoms with Crippen LogP contribution in [0.15, 0.2) is 18.2 Å². The van der Waals surface area contributed by atoms with E-state index >= 15 is 0 Å². The number of piperidine rings is 1. The summed E-state index contributed by atoms with van der Waals surface area (Å²) in [7, 11) is 0. The molecule has 0 bridgehead atoms. The Bertz CT molecular complexity index is 511. The van der Waals surface area contributed by atoms with Crippen molar-refractivity contribution < 1.29 is 18.4 Å². The zero-order valence-electron chi connectivity index (χ0n) is 11.8. The molecule has 1 fully saturated rings. The van der Waals surface area contributed by atoms with Gasteiger partial charge < -0.3 is 10.1 Å². The van der Waals surface area contributed by atoms with Crippen LogP contribution in [0.5, 0.6) is 5.75 Å². The first-order chi connectivity index (χ1) is 9.88. The van der Waals surface area contributed by atoms with Gasteiger partial charge in [0.25, 0.3) is 11.6 Å². The lowest BCUT2D eigenvalue weighted by atomic mass is 9.99. The second-order valence-electron chi connectivity index (χ2n) is 5.33. The van der Waals surface area contributed by atoms with E-state index in [-0.39, 0.29) is 11.4 Å². The lowest BCUT2D eigenvalue weighted by Crippen LogP contribution is -2.30. The highest BCUT2D eigenvalue weighted by Crippen LogP contribution is 2.37. The first-order valence-corrected chi connectivity index (χ1v) is 6.88. The van der Waals surface area contributed by atoms with Crippen LogP contribution in [0, 0.1) is 16.0 Å². The molecule has 7 heteroatoms. The Morgan fingerprint density at radius 2 is 2.10 bits per heavy atom. The van der Waals surface area contributed by atoms with E-state index in [1.807, 2.05) is 0 Å². The molecule has 1 saturated heterocycles. The van der Waals surface area contributed by atoms with Crippen molar-refractivity contribution in [3.8, 4) is 5.75 Å². The average molecular weight is 300 g/mol. The number of nitro benzene ring substituents is 1. The monoisotopic (exact) mass is 300 g/mol. The fourth-order valence-corrected chi connectivity index (χ4v) is 2.36. The number of nitro groups is 1. The van der Waals surface area contributed by atoms with E-state index < -0.39 is 16.4 Å². The van der Waals surface area contributed by atoms with Crippen LogP contribution in [0.4, 0.5) is 14.5 Å². The fraction of sp³-hybridized carbons (Fsp3) is 0.571. The zero-order chi connectivity index (χ0) is 15.5. The summed E-state index contributed by atoms with van der Waals surface area (Å²) < 4.78 is 32.7. The molecule has 1 N–H and O–H groups in total. The smallest absolute Gasteiger partial charge is 0.274 e. The minimum Gasteiger partial charge on any atom is -0.493 e. The third-order valence-corrected chi connectivity index (χ3v) is 3.58. The van der Waals surface area contributed by atoms with E-state index in [0.29, 0.717) is 19.4 Å². The average Bonchev–Trinajstić information content (AvgIpc) is 2.45. The lowest BCUT2D eigenvalue weighted by Gasteiger charge is -2.24. The second-order valence-corrected chi connectivity index (χ2v) is 5.33. The fourth-order valence-electron chi connectivity index (χ4n) is 2.36. The Kier molecular flexibility index (Phi) is 4.72. The molecule has 1 aromatic carbocycles. The Labute approximate surface area is 121 Å². The standard InChI is InChI=1S/C14H18F2N2O3/c1-14(15,16)12-8-11(18(19)20)2-3-13(12)21-9-10-4-6-17-7-5-10/h2-3,8,10,17H,4-7,9H2,1H3. The summed E-state index contributed by atoms with van der Waals surface area (Å²) in [4.78, 5) is 10.0. The molecule has 116 valence electrons. The Morgan fingerprint density at radius 3 is 2.67 bits per heavy atom. The molecule has 1 aromatic rings. The van der Waals surface area contributed by atoms with Crippen molar-refractivity contribution in [1.29, 1.82) is 0 Å². The van der Waals surface area contributed by atoms with Crippen molar-refractivity contribution in [2.24, 2.45) is 5.92 Å². The van der Waals surface area contributed by atoms with Crippen molar-refractivity contribution in [1.82, 2.24) is 5.32 Å². The van der Waals surface area contributed by atoms with Crippen molar-refractivity contribution in [3.63, 3.8) is 0 Å². The van der Waals surface area contributed by atoms with E-state index in [0.717, 1.165) is 32.0 Å². The summed E-state index contributed by atoms with van der Waals surface area (Å²) in [5.41, 5.74) is -0.800. The number of benzene rings is 1. The molecular weight excluding hydrogens is 282 g/mol. The number of nitrogens with zero attached hydrogens (tertiary/aromatic N) is 1. The number of nitrogens with one attached hydrogen (secondary N) is 1. The minimum atomic E-state index is -3.19. The van der Waals surface area contributed by atoms with Crippen LogP contribution in [0.1, 0.15) is 25.3 Å². The Morgan fingerprint density at radius 1 is 1.43 bits per heavy atom. The highest BCUT2D eigenvalue weighted by atomic mass is 19.3. The number of halogens is 2. The zero-order valence-corrected chi connectivity index (χ0v) is 11.8. The molecule has 2 rings (SSSR count). The number of non-ortho nitro benzene ring substituents is 1. The van der Waals surface area contributed by atoms with Crippen LogP contribution in [0.2, 0.25) is 0 Å². The molecule has 0 spiro atoms. The maximum absolute atomic E-state index is 13.6. The van der Waals surface area contributed by atoms with Gasteiger partial charge >= 0.3 is 0 Å². The van der Waals surface area contributed by atoms with Crippen LogP contribution in [0.3, 0.4) is 0 Å². The quantitative estimate of drug-likeness (QED) is 0.670. The molecule has 0 aromatic heterocycles. The largest absolute Gasteiger partial charge is 0.493 e. The van der Waals surface area contributed by atoms with E-state index in [4.69, 9.17) is 4.74 Å². The topological polar surface area (TPSA) is 64.4 Å². The number of hydrogen-bond acceptors (Lipinski definition) is 4. The highest BCUT2D eigenvalue weighted by molar-refractivity contribution is 5.45. The lowest BCUT2D eigenvalue weighted by molar-refractivity contribution is -0.385. The van der Waals surface area contributed by atoms with Crippen LogP contribution >= 0.6 is 0 Å². The van der Waals surface area contributed by atoms with Gasteiger partial charge in [-0.15, -0.1) is 0 Å². The van der Waals surface area contributed by atoms with Crippen molar-refractivity contribution in [3.05, 3.63) is 33.9 Å². The maximum atomic E-state index is 13.6. The van der Waals surface area contributed by atoms with Gasteiger partial charge in [-0.25, -0.2) is 8.78 Å². The molecular formula is C14H18F2N2O3. The van der Waals surface area contributed by atoms with E-state index in [9.17, 15) is 18.9 Å². The summed E-state index contributed by atoms with van der Waals surface area (Å²) in [6.07, 6.45) is 1.87. The molecule has 5 nitrogen and oxygen atoms in total. The molecule has 21 heavy (non-hydrogen) atoms. The molecule has 0 atom stereocenters. The first-order valence-electron chi connectivity index (χ1n) is 6.88. The van der Waals surface area contributed by atoms with Gasteiger partial charge in [0.15, 0.2) is 0 Å². The Balaban J connectivity index is 2.15. The summed E-state index contributed by atoms with van der Waals surface area (Å²) in [6, 6.07) is 3.33. The third kappa shape index (κ3) is 4.10. The van der Waals surface area contributed by atoms with Crippen LogP contribution in [-0.2, 0) is 5.92 Å². The van der Waals surface area contributed by atoms with Crippen LogP contribution < -0.4 is 10.1 Å². The van der Waals surface area contributed by atoms with Gasteiger partial charge in [-0.3, -0.25) is 10.1 Å². The van der Waals surface area contributed by atoms with Crippen molar-refractivity contribution in [2.75, 3.05) is 19.7 Å². The molecule has 0 amide bonds. The summed E-state index contributed by atoms with van der Waals surface area (Å²) in [5, 5.41) is 13.9. The minimum absolute atomic E-state index is 0.0200. The molecule has 1 aliphatic rings. The number of rotatable bonds is 5.